The summed E-state index contributed by atoms with van der Waals surface area (Å²) in [4.78, 5) is 30.0. The molecule has 0 aromatic heterocycles. The molecule has 3 aromatic carbocycles. The van der Waals surface area contributed by atoms with Crippen molar-refractivity contribution >= 4 is 28.9 Å². The third-order valence-corrected chi connectivity index (χ3v) is 7.97. The van der Waals surface area contributed by atoms with Gasteiger partial charge in [0.1, 0.15) is 0 Å². The summed E-state index contributed by atoms with van der Waals surface area (Å²) in [7, 11) is 5.56. The van der Waals surface area contributed by atoms with Crippen molar-refractivity contribution in [3.05, 3.63) is 77.9 Å². The first-order chi connectivity index (χ1) is 19.4. The molecule has 1 aliphatic carbocycles. The van der Waals surface area contributed by atoms with Crippen LogP contribution in [0.15, 0.2) is 66.7 Å². The number of anilines is 3. The number of nitrogens with one attached hydrogen (secondary N) is 1. The van der Waals surface area contributed by atoms with Crippen LogP contribution in [0.4, 0.5) is 17.1 Å². The van der Waals surface area contributed by atoms with Gasteiger partial charge in [-0.2, -0.15) is 0 Å². The quantitative estimate of drug-likeness (QED) is 0.346. The van der Waals surface area contributed by atoms with E-state index in [0.717, 1.165) is 47.7 Å². The zero-order chi connectivity index (χ0) is 28.1. The fourth-order valence-electron chi connectivity index (χ4n) is 5.67. The van der Waals surface area contributed by atoms with Crippen molar-refractivity contribution in [3.8, 4) is 11.5 Å². The second-order valence-corrected chi connectivity index (χ2v) is 11.0. The first-order valence-corrected chi connectivity index (χ1v) is 14.2. The van der Waals surface area contributed by atoms with E-state index in [1.165, 1.54) is 19.3 Å². The topological polar surface area (TPSA) is 71.1 Å². The number of methoxy groups -OCH3 is 1. The molecule has 5 rings (SSSR count). The predicted molar refractivity (Wildman–Crippen MR) is 160 cm³/mol. The van der Waals surface area contributed by atoms with Crippen LogP contribution in [0.2, 0.25) is 0 Å². The molecule has 1 unspecified atom stereocenters. The largest absolute Gasteiger partial charge is 0.493 e. The van der Waals surface area contributed by atoms with Crippen LogP contribution in [0.25, 0.3) is 0 Å². The standard InChI is InChI=1S/C33H39N3O4/c1-35(2)27-11-7-9-25(19-27)33(38)34-26-10-8-12-28(22-26)36-18-17-24(21-32(36)37)23-15-16-30(39-3)31(20-23)40-29-13-5-4-6-14-29/h7-12,15-16,19-20,22,24,29H,4-6,13-14,17-18,21H2,1-3H3,(H,34,38). The number of ether oxygens (including phenoxy) is 2. The summed E-state index contributed by atoms with van der Waals surface area (Å²) in [5.74, 6) is 1.53. The van der Waals surface area contributed by atoms with Crippen LogP contribution in [0.1, 0.15) is 66.8 Å². The smallest absolute Gasteiger partial charge is 0.255 e. The molecule has 2 fully saturated rings. The Morgan fingerprint density at radius 2 is 1.73 bits per heavy atom. The number of carbonyl (C=O) groups is 2. The molecule has 0 spiro atoms. The molecular weight excluding hydrogens is 502 g/mol. The van der Waals surface area contributed by atoms with E-state index in [-0.39, 0.29) is 23.8 Å². The van der Waals surface area contributed by atoms with Gasteiger partial charge in [0.2, 0.25) is 5.91 Å². The summed E-state index contributed by atoms with van der Waals surface area (Å²) in [6, 6.07) is 21.1. The van der Waals surface area contributed by atoms with Gasteiger partial charge >= 0.3 is 0 Å². The SMILES string of the molecule is COc1ccc(C2CCN(c3cccc(NC(=O)c4cccc(N(C)C)c4)c3)C(=O)C2)cc1OC1CCCCC1. The van der Waals surface area contributed by atoms with Gasteiger partial charge in [-0.15, -0.1) is 0 Å². The molecule has 1 saturated heterocycles. The number of piperidine rings is 1. The van der Waals surface area contributed by atoms with E-state index in [9.17, 15) is 9.59 Å². The molecule has 210 valence electrons. The maximum absolute atomic E-state index is 13.3. The minimum atomic E-state index is -0.184. The fraction of sp³-hybridized carbons (Fsp3) is 0.394. The molecule has 40 heavy (non-hydrogen) atoms. The van der Waals surface area contributed by atoms with Crippen molar-refractivity contribution in [1.82, 2.24) is 0 Å². The molecule has 0 bridgehead atoms. The molecule has 0 radical (unpaired) electrons. The highest BCUT2D eigenvalue weighted by molar-refractivity contribution is 6.05. The van der Waals surface area contributed by atoms with Gasteiger partial charge in [0.05, 0.1) is 13.2 Å². The van der Waals surface area contributed by atoms with Gasteiger partial charge in [-0.1, -0.05) is 24.6 Å². The number of amides is 2. The summed E-state index contributed by atoms with van der Waals surface area (Å²) in [5.41, 5.74) is 4.10. The zero-order valence-corrected chi connectivity index (χ0v) is 23.7. The third kappa shape index (κ3) is 6.41. The van der Waals surface area contributed by atoms with Crippen LogP contribution in [0, 0.1) is 0 Å². The monoisotopic (exact) mass is 541 g/mol. The molecule has 1 saturated carbocycles. The predicted octanol–water partition coefficient (Wildman–Crippen LogP) is 6.64. The Morgan fingerprint density at radius 3 is 2.48 bits per heavy atom. The summed E-state index contributed by atoms with van der Waals surface area (Å²) < 4.78 is 11.9. The van der Waals surface area contributed by atoms with Gasteiger partial charge in [0.15, 0.2) is 11.5 Å². The summed E-state index contributed by atoms with van der Waals surface area (Å²) in [6.45, 7) is 0.608. The first-order valence-electron chi connectivity index (χ1n) is 14.2. The van der Waals surface area contributed by atoms with Crippen molar-refractivity contribution < 1.29 is 19.1 Å². The van der Waals surface area contributed by atoms with Gasteiger partial charge in [-0.25, -0.2) is 0 Å². The van der Waals surface area contributed by atoms with Crippen LogP contribution < -0.4 is 24.6 Å². The van der Waals surface area contributed by atoms with Gasteiger partial charge in [0, 0.05) is 49.7 Å². The van der Waals surface area contributed by atoms with Gasteiger partial charge in [0.25, 0.3) is 5.91 Å². The van der Waals surface area contributed by atoms with E-state index < -0.39 is 0 Å². The van der Waals surface area contributed by atoms with E-state index in [2.05, 4.69) is 17.4 Å². The van der Waals surface area contributed by atoms with Gasteiger partial charge in [-0.05, 0) is 92.1 Å². The molecule has 3 aromatic rings. The molecule has 1 heterocycles. The molecule has 7 heteroatoms. The molecule has 7 nitrogen and oxygen atoms in total. The van der Waals surface area contributed by atoms with Crippen molar-refractivity contribution in [2.75, 3.05) is 42.9 Å². The van der Waals surface area contributed by atoms with E-state index >= 15 is 0 Å². The third-order valence-electron chi connectivity index (χ3n) is 7.97. The average Bonchev–Trinajstić information content (AvgIpc) is 2.98. The Labute approximate surface area is 237 Å². The minimum absolute atomic E-state index is 0.0731. The maximum Gasteiger partial charge on any atom is 0.255 e. The first kappa shape index (κ1) is 27.6. The number of rotatable bonds is 8. The van der Waals surface area contributed by atoms with E-state index in [1.54, 1.807) is 13.2 Å². The van der Waals surface area contributed by atoms with Crippen LogP contribution in [-0.2, 0) is 4.79 Å². The Bertz CT molecular complexity index is 1350. The van der Waals surface area contributed by atoms with Crippen LogP contribution in [-0.4, -0.2) is 45.7 Å². The molecule has 1 aliphatic heterocycles. The second kappa shape index (κ2) is 12.5. The second-order valence-electron chi connectivity index (χ2n) is 11.0. The molecular formula is C33H39N3O4. The number of hydrogen-bond donors (Lipinski definition) is 1. The zero-order valence-electron chi connectivity index (χ0n) is 23.7. The number of nitrogens with zero attached hydrogens (tertiary/aromatic N) is 2. The van der Waals surface area contributed by atoms with Gasteiger partial charge < -0.3 is 24.6 Å². The van der Waals surface area contributed by atoms with E-state index in [4.69, 9.17) is 9.47 Å². The Kier molecular flexibility index (Phi) is 8.58. The molecule has 2 aliphatic rings. The van der Waals surface area contributed by atoms with E-state index in [1.807, 2.05) is 72.4 Å². The number of benzene rings is 3. The van der Waals surface area contributed by atoms with Crippen molar-refractivity contribution in [3.63, 3.8) is 0 Å². The highest BCUT2D eigenvalue weighted by Crippen LogP contribution is 2.38. The minimum Gasteiger partial charge on any atom is -0.493 e. The Hall–Kier alpha value is -4.00. The van der Waals surface area contributed by atoms with Crippen LogP contribution in [0.5, 0.6) is 11.5 Å². The maximum atomic E-state index is 13.3. The lowest BCUT2D eigenvalue weighted by atomic mass is 9.88. The molecule has 1 N–H and O–H groups in total. The number of carbonyl (C=O) groups excluding carboxylic acids is 2. The van der Waals surface area contributed by atoms with Crippen molar-refractivity contribution in [1.29, 1.82) is 0 Å². The average molecular weight is 542 g/mol. The summed E-state index contributed by atoms with van der Waals surface area (Å²) in [6.07, 6.45) is 7.32. The molecule has 1 atom stereocenters. The highest BCUT2D eigenvalue weighted by atomic mass is 16.5. The van der Waals surface area contributed by atoms with Crippen LogP contribution >= 0.6 is 0 Å². The Morgan fingerprint density at radius 1 is 0.925 bits per heavy atom. The fourth-order valence-corrected chi connectivity index (χ4v) is 5.67. The van der Waals surface area contributed by atoms with Crippen molar-refractivity contribution in [2.24, 2.45) is 0 Å². The van der Waals surface area contributed by atoms with E-state index in [0.29, 0.717) is 24.2 Å². The number of hydrogen-bond acceptors (Lipinski definition) is 5. The lowest BCUT2D eigenvalue weighted by molar-refractivity contribution is -0.119. The lowest BCUT2D eigenvalue weighted by Crippen LogP contribution is -2.38. The summed E-state index contributed by atoms with van der Waals surface area (Å²) >= 11 is 0. The Balaban J connectivity index is 1.25. The summed E-state index contributed by atoms with van der Waals surface area (Å²) in [5, 5.41) is 2.98. The lowest BCUT2D eigenvalue weighted by Gasteiger charge is -2.32. The normalized spacial score (nSPS) is 17.8. The molecule has 2 amide bonds. The van der Waals surface area contributed by atoms with Crippen molar-refractivity contribution in [2.45, 2.75) is 57.0 Å². The van der Waals surface area contributed by atoms with Gasteiger partial charge in [-0.3, -0.25) is 9.59 Å². The van der Waals surface area contributed by atoms with Crippen LogP contribution in [0.3, 0.4) is 0 Å². The highest BCUT2D eigenvalue weighted by Gasteiger charge is 2.29.